The van der Waals surface area contributed by atoms with Gasteiger partial charge in [0.05, 0.1) is 6.10 Å². The van der Waals surface area contributed by atoms with Crippen molar-refractivity contribution in [1.82, 2.24) is 10.3 Å². The maximum atomic E-state index is 5.62. The van der Waals surface area contributed by atoms with Gasteiger partial charge in [-0.1, -0.05) is 6.07 Å². The second-order valence-corrected chi connectivity index (χ2v) is 4.33. The molecule has 0 spiro atoms. The standard InChI is InChI=1S/C13H20N2O2/c1-14-8-11-5-6-13(15-9-11)17-10-12-4-2-3-7-16-12/h5-6,9,12,14H,2-4,7-8,10H2,1H3. The van der Waals surface area contributed by atoms with Gasteiger partial charge in [0.25, 0.3) is 0 Å². The molecule has 0 saturated carbocycles. The summed E-state index contributed by atoms with van der Waals surface area (Å²) in [5.41, 5.74) is 1.16. The average Bonchev–Trinajstić information content (AvgIpc) is 2.40. The van der Waals surface area contributed by atoms with Crippen LogP contribution in [0.5, 0.6) is 5.88 Å². The van der Waals surface area contributed by atoms with E-state index in [-0.39, 0.29) is 6.10 Å². The van der Waals surface area contributed by atoms with E-state index in [4.69, 9.17) is 9.47 Å². The summed E-state index contributed by atoms with van der Waals surface area (Å²) in [5.74, 6) is 0.680. The number of nitrogens with zero attached hydrogens (tertiary/aromatic N) is 1. The molecule has 94 valence electrons. The molecule has 0 aliphatic carbocycles. The molecule has 1 aromatic rings. The van der Waals surface area contributed by atoms with Crippen molar-refractivity contribution in [2.45, 2.75) is 31.9 Å². The molecule has 0 amide bonds. The molecule has 2 rings (SSSR count). The first-order chi connectivity index (χ1) is 8.38. The number of hydrogen-bond acceptors (Lipinski definition) is 4. The molecule has 1 aromatic heterocycles. The monoisotopic (exact) mass is 236 g/mol. The zero-order valence-corrected chi connectivity index (χ0v) is 10.3. The highest BCUT2D eigenvalue weighted by Crippen LogP contribution is 2.14. The second-order valence-electron chi connectivity index (χ2n) is 4.33. The summed E-state index contributed by atoms with van der Waals surface area (Å²) in [6.45, 7) is 2.31. The van der Waals surface area contributed by atoms with Crippen molar-refractivity contribution < 1.29 is 9.47 Å². The van der Waals surface area contributed by atoms with E-state index in [9.17, 15) is 0 Å². The molecular weight excluding hydrogens is 216 g/mol. The Balaban J connectivity index is 1.77. The number of pyridine rings is 1. The number of hydrogen-bond donors (Lipinski definition) is 1. The van der Waals surface area contributed by atoms with Gasteiger partial charge in [-0.3, -0.25) is 0 Å². The van der Waals surface area contributed by atoms with Crippen LogP contribution in [0.3, 0.4) is 0 Å². The predicted octanol–water partition coefficient (Wildman–Crippen LogP) is 1.75. The van der Waals surface area contributed by atoms with Crippen molar-refractivity contribution in [2.75, 3.05) is 20.3 Å². The quantitative estimate of drug-likeness (QED) is 0.846. The minimum absolute atomic E-state index is 0.238. The Morgan fingerprint density at radius 3 is 3.06 bits per heavy atom. The highest BCUT2D eigenvalue weighted by Gasteiger charge is 2.14. The minimum atomic E-state index is 0.238. The van der Waals surface area contributed by atoms with Gasteiger partial charge in [-0.15, -0.1) is 0 Å². The number of ether oxygens (including phenoxy) is 2. The van der Waals surface area contributed by atoms with Gasteiger partial charge in [-0.25, -0.2) is 4.98 Å². The molecule has 0 bridgehead atoms. The van der Waals surface area contributed by atoms with E-state index in [1.54, 1.807) is 0 Å². The first-order valence-corrected chi connectivity index (χ1v) is 6.22. The predicted molar refractivity (Wildman–Crippen MR) is 66.1 cm³/mol. The van der Waals surface area contributed by atoms with Gasteiger partial charge in [-0.05, 0) is 31.9 Å². The highest BCUT2D eigenvalue weighted by molar-refractivity contribution is 5.17. The lowest BCUT2D eigenvalue weighted by Gasteiger charge is -2.22. The van der Waals surface area contributed by atoms with Gasteiger partial charge in [-0.2, -0.15) is 0 Å². The highest BCUT2D eigenvalue weighted by atomic mass is 16.5. The Hall–Kier alpha value is -1.13. The van der Waals surface area contributed by atoms with Crippen molar-refractivity contribution in [1.29, 1.82) is 0 Å². The topological polar surface area (TPSA) is 43.4 Å². The normalized spacial score (nSPS) is 20.2. The summed E-state index contributed by atoms with van der Waals surface area (Å²) >= 11 is 0. The lowest BCUT2D eigenvalue weighted by atomic mass is 10.1. The second kappa shape index (κ2) is 6.57. The van der Waals surface area contributed by atoms with Crippen molar-refractivity contribution in [2.24, 2.45) is 0 Å². The van der Waals surface area contributed by atoms with Crippen molar-refractivity contribution in [3.05, 3.63) is 23.9 Å². The van der Waals surface area contributed by atoms with Crippen LogP contribution in [0.4, 0.5) is 0 Å². The van der Waals surface area contributed by atoms with Gasteiger partial charge in [0.2, 0.25) is 5.88 Å². The number of nitrogens with one attached hydrogen (secondary N) is 1. The maximum Gasteiger partial charge on any atom is 0.213 e. The van der Waals surface area contributed by atoms with Gasteiger partial charge in [0, 0.05) is 25.4 Å². The first kappa shape index (κ1) is 12.3. The summed E-state index contributed by atoms with van der Waals surface area (Å²) in [6.07, 6.45) is 5.59. The van der Waals surface area contributed by atoms with Crippen LogP contribution in [-0.2, 0) is 11.3 Å². The smallest absolute Gasteiger partial charge is 0.213 e. The van der Waals surface area contributed by atoms with Crippen molar-refractivity contribution >= 4 is 0 Å². The molecule has 0 aromatic carbocycles. The fraction of sp³-hybridized carbons (Fsp3) is 0.615. The van der Waals surface area contributed by atoms with Crippen LogP contribution < -0.4 is 10.1 Å². The van der Waals surface area contributed by atoms with E-state index in [0.717, 1.165) is 25.1 Å². The van der Waals surface area contributed by atoms with Crippen LogP contribution in [0, 0.1) is 0 Å². The fourth-order valence-electron chi connectivity index (χ4n) is 1.92. The van der Waals surface area contributed by atoms with E-state index in [2.05, 4.69) is 10.3 Å². The van der Waals surface area contributed by atoms with Gasteiger partial charge in [0.1, 0.15) is 6.61 Å². The SMILES string of the molecule is CNCc1ccc(OCC2CCCCO2)nc1. The lowest BCUT2D eigenvalue weighted by Crippen LogP contribution is -2.25. The molecule has 1 N–H and O–H groups in total. The van der Waals surface area contributed by atoms with Gasteiger partial charge >= 0.3 is 0 Å². The summed E-state index contributed by atoms with van der Waals surface area (Å²) in [5, 5.41) is 3.09. The molecule has 17 heavy (non-hydrogen) atoms. The zero-order chi connectivity index (χ0) is 11.9. The molecule has 4 nitrogen and oxygen atoms in total. The molecule has 1 atom stereocenters. The number of aromatic nitrogens is 1. The van der Waals surface area contributed by atoms with E-state index in [1.165, 1.54) is 12.8 Å². The molecule has 1 aliphatic rings. The largest absolute Gasteiger partial charge is 0.475 e. The molecule has 1 fully saturated rings. The Kier molecular flexibility index (Phi) is 4.76. The molecular formula is C13H20N2O2. The first-order valence-electron chi connectivity index (χ1n) is 6.22. The fourth-order valence-corrected chi connectivity index (χ4v) is 1.92. The minimum Gasteiger partial charge on any atom is -0.475 e. The Bertz CT molecular complexity index is 321. The Morgan fingerprint density at radius 2 is 2.41 bits per heavy atom. The van der Waals surface area contributed by atoms with Gasteiger partial charge in [0.15, 0.2) is 0 Å². The average molecular weight is 236 g/mol. The summed E-state index contributed by atoms with van der Waals surface area (Å²) in [7, 11) is 1.92. The summed E-state index contributed by atoms with van der Waals surface area (Å²) < 4.78 is 11.2. The van der Waals surface area contributed by atoms with E-state index >= 15 is 0 Å². The van der Waals surface area contributed by atoms with Gasteiger partial charge < -0.3 is 14.8 Å². The van der Waals surface area contributed by atoms with Crippen LogP contribution in [0.1, 0.15) is 24.8 Å². The van der Waals surface area contributed by atoms with E-state index in [0.29, 0.717) is 12.5 Å². The van der Waals surface area contributed by atoms with Crippen LogP contribution in [0.15, 0.2) is 18.3 Å². The van der Waals surface area contributed by atoms with Crippen LogP contribution in [-0.4, -0.2) is 31.3 Å². The maximum absolute atomic E-state index is 5.62. The molecule has 1 saturated heterocycles. The van der Waals surface area contributed by atoms with Crippen LogP contribution in [0.25, 0.3) is 0 Å². The molecule has 1 unspecified atom stereocenters. The third kappa shape index (κ3) is 3.98. The number of rotatable bonds is 5. The van der Waals surface area contributed by atoms with E-state index < -0.39 is 0 Å². The third-order valence-corrected chi connectivity index (χ3v) is 2.87. The van der Waals surface area contributed by atoms with Crippen LogP contribution >= 0.6 is 0 Å². The summed E-state index contributed by atoms with van der Waals surface area (Å²) in [6, 6.07) is 3.94. The molecule has 0 radical (unpaired) electrons. The van der Waals surface area contributed by atoms with E-state index in [1.807, 2.05) is 25.4 Å². The molecule has 4 heteroatoms. The Labute approximate surface area is 102 Å². The van der Waals surface area contributed by atoms with Crippen molar-refractivity contribution in [3.63, 3.8) is 0 Å². The molecule has 2 heterocycles. The Morgan fingerprint density at radius 1 is 1.47 bits per heavy atom. The molecule has 1 aliphatic heterocycles. The lowest BCUT2D eigenvalue weighted by molar-refractivity contribution is -0.0119. The van der Waals surface area contributed by atoms with Crippen LogP contribution in [0.2, 0.25) is 0 Å². The van der Waals surface area contributed by atoms with Crippen molar-refractivity contribution in [3.8, 4) is 5.88 Å². The summed E-state index contributed by atoms with van der Waals surface area (Å²) in [4.78, 5) is 4.26. The zero-order valence-electron chi connectivity index (χ0n) is 10.3. The third-order valence-electron chi connectivity index (χ3n) is 2.87.